The summed E-state index contributed by atoms with van der Waals surface area (Å²) in [6, 6.07) is 10.4. The number of carbonyl (C=O) groups is 1. The number of rotatable bonds is 3. The summed E-state index contributed by atoms with van der Waals surface area (Å²) in [6.07, 6.45) is 2.87. The zero-order valence-electron chi connectivity index (χ0n) is 11.4. The van der Waals surface area contributed by atoms with Crippen molar-refractivity contribution in [2.75, 3.05) is 6.54 Å². The number of hydrogen-bond donors (Lipinski definition) is 0. The molecule has 2 nitrogen and oxygen atoms in total. The summed E-state index contributed by atoms with van der Waals surface area (Å²) < 4.78 is 0. The van der Waals surface area contributed by atoms with Gasteiger partial charge in [-0.05, 0) is 26.3 Å². The summed E-state index contributed by atoms with van der Waals surface area (Å²) in [6.45, 7) is 7.14. The lowest BCUT2D eigenvalue weighted by atomic mass is 10.1. The predicted octanol–water partition coefficient (Wildman–Crippen LogP) is 3.56. The number of nitrogens with zero attached hydrogens (tertiary/aromatic N) is 1. The molecular formula is C16H21NO. The summed E-state index contributed by atoms with van der Waals surface area (Å²) in [4.78, 5) is 14.1. The lowest BCUT2D eigenvalue weighted by Gasteiger charge is -2.25. The number of benzene rings is 1. The van der Waals surface area contributed by atoms with Crippen molar-refractivity contribution < 1.29 is 4.79 Å². The number of amides is 1. The number of allylic oxidation sites excluding steroid dienone is 1. The lowest BCUT2D eigenvalue weighted by molar-refractivity contribution is -0.129. The molecule has 18 heavy (non-hydrogen) atoms. The fraction of sp³-hybridized carbons (Fsp3) is 0.438. The number of likely N-dealkylation sites (tertiary alicyclic amines) is 1. The Hall–Kier alpha value is -1.57. The average Bonchev–Trinajstić information content (AvgIpc) is 2.69. The smallest absolute Gasteiger partial charge is 0.223 e. The largest absolute Gasteiger partial charge is 0.335 e. The molecular weight excluding hydrogens is 222 g/mol. The van der Waals surface area contributed by atoms with Gasteiger partial charge in [0.15, 0.2) is 0 Å². The first-order chi connectivity index (χ1) is 8.58. The normalized spacial score (nSPS) is 20.9. The van der Waals surface area contributed by atoms with Gasteiger partial charge in [0.25, 0.3) is 0 Å². The molecule has 1 aliphatic rings. The van der Waals surface area contributed by atoms with Gasteiger partial charge in [0.2, 0.25) is 5.91 Å². The summed E-state index contributed by atoms with van der Waals surface area (Å²) >= 11 is 0. The van der Waals surface area contributed by atoms with E-state index in [9.17, 15) is 4.79 Å². The molecule has 2 atom stereocenters. The van der Waals surface area contributed by atoms with E-state index >= 15 is 0 Å². The van der Waals surface area contributed by atoms with Crippen molar-refractivity contribution >= 4 is 5.91 Å². The van der Waals surface area contributed by atoms with E-state index in [1.165, 1.54) is 11.1 Å². The summed E-state index contributed by atoms with van der Waals surface area (Å²) in [5.41, 5.74) is 2.51. The molecule has 0 spiro atoms. The SMILES string of the molecule is CC(C)=C[C@H]1CC(=O)N([C@@H](C)c2ccccc2)C1. The summed E-state index contributed by atoms with van der Waals surface area (Å²) in [7, 11) is 0. The Morgan fingerprint density at radius 2 is 2.00 bits per heavy atom. The van der Waals surface area contributed by atoms with Crippen molar-refractivity contribution in [2.45, 2.75) is 33.2 Å². The quantitative estimate of drug-likeness (QED) is 0.743. The minimum Gasteiger partial charge on any atom is -0.335 e. The van der Waals surface area contributed by atoms with Crippen LogP contribution in [0, 0.1) is 5.92 Å². The molecule has 96 valence electrons. The molecule has 0 aromatic heterocycles. The van der Waals surface area contributed by atoms with Crippen LogP contribution in [-0.4, -0.2) is 17.4 Å². The standard InChI is InChI=1S/C16H21NO/c1-12(2)9-14-10-16(18)17(11-14)13(3)15-7-5-4-6-8-15/h4-9,13-14H,10-11H2,1-3H3/t13-,14-/m0/s1. The molecule has 2 heteroatoms. The van der Waals surface area contributed by atoms with Crippen molar-refractivity contribution in [3.63, 3.8) is 0 Å². The fourth-order valence-electron chi connectivity index (χ4n) is 2.63. The Morgan fingerprint density at radius 1 is 1.33 bits per heavy atom. The van der Waals surface area contributed by atoms with Gasteiger partial charge >= 0.3 is 0 Å². The Kier molecular flexibility index (Phi) is 3.85. The van der Waals surface area contributed by atoms with Gasteiger partial charge in [0, 0.05) is 18.9 Å². The molecule has 0 aliphatic carbocycles. The van der Waals surface area contributed by atoms with Crippen LogP contribution in [0.2, 0.25) is 0 Å². The van der Waals surface area contributed by atoms with Crippen LogP contribution in [0.5, 0.6) is 0 Å². The van der Waals surface area contributed by atoms with E-state index in [2.05, 4.69) is 39.0 Å². The Bertz CT molecular complexity index is 445. The second-order valence-corrected chi connectivity index (χ2v) is 5.34. The molecule has 0 radical (unpaired) electrons. The third-order valence-electron chi connectivity index (χ3n) is 3.51. The average molecular weight is 243 g/mol. The molecule has 1 aromatic carbocycles. The first-order valence-corrected chi connectivity index (χ1v) is 6.57. The van der Waals surface area contributed by atoms with E-state index in [-0.39, 0.29) is 11.9 Å². The first kappa shape index (κ1) is 12.9. The molecule has 0 saturated carbocycles. The van der Waals surface area contributed by atoms with Crippen LogP contribution in [0.15, 0.2) is 42.0 Å². The van der Waals surface area contributed by atoms with E-state index in [1.54, 1.807) is 0 Å². The van der Waals surface area contributed by atoms with Crippen LogP contribution in [0.4, 0.5) is 0 Å². The van der Waals surface area contributed by atoms with E-state index in [1.807, 2.05) is 23.1 Å². The number of hydrogen-bond acceptors (Lipinski definition) is 1. The monoisotopic (exact) mass is 243 g/mol. The van der Waals surface area contributed by atoms with Crippen molar-refractivity contribution in [3.05, 3.63) is 47.5 Å². The van der Waals surface area contributed by atoms with Crippen LogP contribution in [-0.2, 0) is 4.79 Å². The lowest BCUT2D eigenvalue weighted by Crippen LogP contribution is -2.28. The molecule has 1 aliphatic heterocycles. The fourth-order valence-corrected chi connectivity index (χ4v) is 2.63. The molecule has 0 unspecified atom stereocenters. The maximum absolute atomic E-state index is 12.1. The topological polar surface area (TPSA) is 20.3 Å². The van der Waals surface area contributed by atoms with Crippen LogP contribution >= 0.6 is 0 Å². The zero-order valence-corrected chi connectivity index (χ0v) is 11.4. The maximum atomic E-state index is 12.1. The number of carbonyl (C=O) groups excluding carboxylic acids is 1. The van der Waals surface area contributed by atoms with Crippen LogP contribution in [0.1, 0.15) is 38.8 Å². The van der Waals surface area contributed by atoms with Crippen LogP contribution in [0.25, 0.3) is 0 Å². The highest BCUT2D eigenvalue weighted by Gasteiger charge is 2.31. The predicted molar refractivity (Wildman–Crippen MR) is 74.1 cm³/mol. The first-order valence-electron chi connectivity index (χ1n) is 6.57. The van der Waals surface area contributed by atoms with Gasteiger partial charge in [0.05, 0.1) is 6.04 Å². The van der Waals surface area contributed by atoms with Crippen molar-refractivity contribution in [1.82, 2.24) is 4.90 Å². The molecule has 2 rings (SSSR count). The van der Waals surface area contributed by atoms with Crippen LogP contribution in [0.3, 0.4) is 0 Å². The van der Waals surface area contributed by atoms with Crippen LogP contribution < -0.4 is 0 Å². The van der Waals surface area contributed by atoms with E-state index in [0.717, 1.165) is 6.54 Å². The van der Waals surface area contributed by atoms with Crippen molar-refractivity contribution in [2.24, 2.45) is 5.92 Å². The Labute approximate surface area is 109 Å². The summed E-state index contributed by atoms with van der Waals surface area (Å²) in [5.74, 6) is 0.655. The van der Waals surface area contributed by atoms with E-state index in [0.29, 0.717) is 12.3 Å². The molecule has 1 amide bonds. The maximum Gasteiger partial charge on any atom is 0.223 e. The second kappa shape index (κ2) is 5.38. The van der Waals surface area contributed by atoms with Gasteiger partial charge in [-0.15, -0.1) is 0 Å². The van der Waals surface area contributed by atoms with Gasteiger partial charge in [-0.1, -0.05) is 42.0 Å². The Morgan fingerprint density at radius 3 is 2.61 bits per heavy atom. The van der Waals surface area contributed by atoms with Crippen molar-refractivity contribution in [1.29, 1.82) is 0 Å². The molecule has 0 bridgehead atoms. The molecule has 1 saturated heterocycles. The van der Waals surface area contributed by atoms with Gasteiger partial charge in [-0.25, -0.2) is 0 Å². The van der Waals surface area contributed by atoms with Gasteiger partial charge in [-0.3, -0.25) is 4.79 Å². The minimum absolute atomic E-state index is 0.175. The third-order valence-corrected chi connectivity index (χ3v) is 3.51. The highest BCUT2D eigenvalue weighted by molar-refractivity contribution is 5.79. The van der Waals surface area contributed by atoms with Gasteiger partial charge in [-0.2, -0.15) is 0 Å². The summed E-state index contributed by atoms with van der Waals surface area (Å²) in [5, 5.41) is 0. The Balaban J connectivity index is 2.11. The second-order valence-electron chi connectivity index (χ2n) is 5.34. The highest BCUT2D eigenvalue weighted by Crippen LogP contribution is 2.29. The highest BCUT2D eigenvalue weighted by atomic mass is 16.2. The molecule has 1 heterocycles. The molecule has 1 aromatic rings. The third kappa shape index (κ3) is 2.81. The van der Waals surface area contributed by atoms with E-state index in [4.69, 9.17) is 0 Å². The molecule has 1 fully saturated rings. The van der Waals surface area contributed by atoms with Gasteiger partial charge < -0.3 is 4.90 Å². The van der Waals surface area contributed by atoms with E-state index < -0.39 is 0 Å². The minimum atomic E-state index is 0.175. The van der Waals surface area contributed by atoms with Crippen molar-refractivity contribution in [3.8, 4) is 0 Å². The van der Waals surface area contributed by atoms with Gasteiger partial charge in [0.1, 0.15) is 0 Å². The zero-order chi connectivity index (χ0) is 13.1. The molecule has 0 N–H and O–H groups in total.